The van der Waals surface area contributed by atoms with Crippen molar-refractivity contribution in [3.8, 4) is 5.69 Å². The van der Waals surface area contributed by atoms with E-state index in [1.54, 1.807) is 47.3 Å². The summed E-state index contributed by atoms with van der Waals surface area (Å²) >= 11 is 5.86. The topological polar surface area (TPSA) is 64.0 Å². The second kappa shape index (κ2) is 6.68. The fraction of sp³-hybridized carbons (Fsp3) is 0.0556. The lowest BCUT2D eigenvalue weighted by Gasteiger charge is -2.04. The van der Waals surface area contributed by atoms with Gasteiger partial charge in [0.05, 0.1) is 17.4 Å². The van der Waals surface area contributed by atoms with Crippen molar-refractivity contribution in [2.45, 2.75) is 6.92 Å². The maximum absolute atomic E-state index is 12.3. The highest BCUT2D eigenvalue weighted by atomic mass is 35.5. The monoisotopic (exact) mass is 339 g/mol. The molecule has 0 atom stereocenters. The number of ketones is 1. The van der Waals surface area contributed by atoms with Crippen molar-refractivity contribution in [2.75, 3.05) is 5.32 Å². The minimum absolute atomic E-state index is 0.0166. The summed E-state index contributed by atoms with van der Waals surface area (Å²) in [7, 11) is 0. The molecule has 1 amide bonds. The summed E-state index contributed by atoms with van der Waals surface area (Å²) in [6.45, 7) is 1.50. The minimum atomic E-state index is -0.272. The number of hydrogen-bond donors (Lipinski definition) is 1. The maximum Gasteiger partial charge on any atom is 0.258 e. The predicted octanol–water partition coefficient (Wildman–Crippen LogP) is 3.98. The Bertz CT molecular complexity index is 883. The van der Waals surface area contributed by atoms with Gasteiger partial charge in [-0.25, -0.2) is 4.68 Å². The summed E-state index contributed by atoms with van der Waals surface area (Å²) in [5, 5.41) is 7.59. The second-order valence-electron chi connectivity index (χ2n) is 5.24. The molecule has 24 heavy (non-hydrogen) atoms. The summed E-state index contributed by atoms with van der Waals surface area (Å²) in [5.74, 6) is -0.289. The Morgan fingerprint density at radius 2 is 1.67 bits per heavy atom. The first-order valence-corrected chi connectivity index (χ1v) is 7.64. The van der Waals surface area contributed by atoms with E-state index >= 15 is 0 Å². The standard InChI is InChI=1S/C18H14ClN3O2/c1-12(23)13-2-6-16(7-3-13)21-18(24)14-10-20-22(11-14)17-8-4-15(19)5-9-17/h2-11H,1H3,(H,21,24). The van der Waals surface area contributed by atoms with Gasteiger partial charge < -0.3 is 5.32 Å². The van der Waals surface area contributed by atoms with Gasteiger partial charge in [-0.15, -0.1) is 0 Å². The van der Waals surface area contributed by atoms with Crippen LogP contribution in [0.2, 0.25) is 5.02 Å². The van der Waals surface area contributed by atoms with Crippen LogP contribution in [0.5, 0.6) is 0 Å². The Balaban J connectivity index is 1.73. The number of anilines is 1. The summed E-state index contributed by atoms with van der Waals surface area (Å²) < 4.78 is 1.60. The van der Waals surface area contributed by atoms with E-state index in [1.165, 1.54) is 13.1 Å². The van der Waals surface area contributed by atoms with Crippen LogP contribution in [0, 0.1) is 0 Å². The third kappa shape index (κ3) is 3.52. The van der Waals surface area contributed by atoms with Gasteiger partial charge in [0.1, 0.15) is 0 Å². The number of amides is 1. The van der Waals surface area contributed by atoms with E-state index in [9.17, 15) is 9.59 Å². The molecule has 6 heteroatoms. The number of halogens is 1. The summed E-state index contributed by atoms with van der Waals surface area (Å²) in [6, 6.07) is 13.9. The van der Waals surface area contributed by atoms with Crippen LogP contribution < -0.4 is 5.32 Å². The highest BCUT2D eigenvalue weighted by Crippen LogP contribution is 2.15. The Morgan fingerprint density at radius 3 is 2.29 bits per heavy atom. The largest absolute Gasteiger partial charge is 0.322 e. The van der Waals surface area contributed by atoms with Crippen LogP contribution in [0.4, 0.5) is 5.69 Å². The summed E-state index contributed by atoms with van der Waals surface area (Å²) in [4.78, 5) is 23.5. The predicted molar refractivity (Wildman–Crippen MR) is 93.0 cm³/mol. The third-order valence-corrected chi connectivity index (χ3v) is 3.74. The molecular weight excluding hydrogens is 326 g/mol. The van der Waals surface area contributed by atoms with Crippen molar-refractivity contribution in [1.82, 2.24) is 9.78 Å². The minimum Gasteiger partial charge on any atom is -0.322 e. The van der Waals surface area contributed by atoms with Crippen molar-refractivity contribution < 1.29 is 9.59 Å². The van der Waals surface area contributed by atoms with Crippen molar-refractivity contribution in [1.29, 1.82) is 0 Å². The second-order valence-corrected chi connectivity index (χ2v) is 5.67. The smallest absolute Gasteiger partial charge is 0.258 e. The molecule has 0 aliphatic heterocycles. The molecule has 0 saturated heterocycles. The Labute approximate surface area is 143 Å². The van der Waals surface area contributed by atoms with E-state index in [-0.39, 0.29) is 11.7 Å². The van der Waals surface area contributed by atoms with Crippen LogP contribution in [0.1, 0.15) is 27.6 Å². The molecule has 5 nitrogen and oxygen atoms in total. The number of nitrogens with zero attached hydrogens (tertiary/aromatic N) is 2. The Hall–Kier alpha value is -2.92. The van der Waals surface area contributed by atoms with Crippen LogP contribution >= 0.6 is 11.6 Å². The number of carbonyl (C=O) groups excluding carboxylic acids is 2. The molecule has 1 heterocycles. The Morgan fingerprint density at radius 1 is 1.00 bits per heavy atom. The highest BCUT2D eigenvalue weighted by Gasteiger charge is 2.10. The molecular formula is C18H14ClN3O2. The molecule has 0 spiro atoms. The van der Waals surface area contributed by atoms with Crippen molar-refractivity contribution in [3.63, 3.8) is 0 Å². The molecule has 3 aromatic rings. The van der Waals surface area contributed by atoms with Crippen LogP contribution in [0.15, 0.2) is 60.9 Å². The zero-order chi connectivity index (χ0) is 17.1. The van der Waals surface area contributed by atoms with Gasteiger partial charge in [-0.3, -0.25) is 9.59 Å². The van der Waals surface area contributed by atoms with E-state index < -0.39 is 0 Å². The molecule has 2 aromatic carbocycles. The first kappa shape index (κ1) is 16.0. The van der Waals surface area contributed by atoms with Gasteiger partial charge in [-0.05, 0) is 55.5 Å². The van der Waals surface area contributed by atoms with E-state index in [0.717, 1.165) is 5.69 Å². The number of carbonyl (C=O) groups is 2. The number of Topliss-reactive ketones (excluding diaryl/α,β-unsaturated/α-hetero) is 1. The summed E-state index contributed by atoms with van der Waals surface area (Å²) in [6.07, 6.45) is 3.14. The van der Waals surface area contributed by atoms with Crippen molar-refractivity contribution >= 4 is 29.0 Å². The molecule has 0 aliphatic rings. The third-order valence-electron chi connectivity index (χ3n) is 3.49. The maximum atomic E-state index is 12.3. The molecule has 1 aromatic heterocycles. The first-order valence-electron chi connectivity index (χ1n) is 7.26. The van der Waals surface area contributed by atoms with E-state index in [0.29, 0.717) is 21.8 Å². The molecule has 0 fully saturated rings. The number of rotatable bonds is 4. The van der Waals surface area contributed by atoms with E-state index in [4.69, 9.17) is 11.6 Å². The normalized spacial score (nSPS) is 10.4. The lowest BCUT2D eigenvalue weighted by atomic mass is 10.1. The van der Waals surface area contributed by atoms with Gasteiger partial charge in [0.15, 0.2) is 5.78 Å². The highest BCUT2D eigenvalue weighted by molar-refractivity contribution is 6.30. The van der Waals surface area contributed by atoms with Crippen molar-refractivity contribution in [3.05, 3.63) is 77.1 Å². The number of nitrogens with one attached hydrogen (secondary N) is 1. The average Bonchev–Trinajstić information content (AvgIpc) is 3.06. The van der Waals surface area contributed by atoms with E-state index in [1.807, 2.05) is 12.1 Å². The first-order chi connectivity index (χ1) is 11.5. The molecule has 0 unspecified atom stereocenters. The van der Waals surface area contributed by atoms with Gasteiger partial charge in [0.25, 0.3) is 5.91 Å². The van der Waals surface area contributed by atoms with Gasteiger partial charge in [-0.2, -0.15) is 5.10 Å². The SMILES string of the molecule is CC(=O)c1ccc(NC(=O)c2cnn(-c3ccc(Cl)cc3)c2)cc1. The zero-order valence-electron chi connectivity index (χ0n) is 12.9. The molecule has 0 radical (unpaired) electrons. The molecule has 1 N–H and O–H groups in total. The molecule has 0 aliphatic carbocycles. The number of aromatic nitrogens is 2. The fourth-order valence-electron chi connectivity index (χ4n) is 2.17. The Kier molecular flexibility index (Phi) is 4.44. The van der Waals surface area contributed by atoms with E-state index in [2.05, 4.69) is 10.4 Å². The lowest BCUT2D eigenvalue weighted by molar-refractivity contribution is 0.101. The van der Waals surface area contributed by atoms with Crippen LogP contribution in [-0.2, 0) is 0 Å². The molecule has 120 valence electrons. The van der Waals surface area contributed by atoms with Crippen LogP contribution in [-0.4, -0.2) is 21.5 Å². The number of hydrogen-bond acceptors (Lipinski definition) is 3. The molecule has 3 rings (SSSR count). The quantitative estimate of drug-likeness (QED) is 0.731. The summed E-state index contributed by atoms with van der Waals surface area (Å²) in [5.41, 5.74) is 2.46. The lowest BCUT2D eigenvalue weighted by Crippen LogP contribution is -2.11. The average molecular weight is 340 g/mol. The van der Waals surface area contributed by atoms with Crippen molar-refractivity contribution in [2.24, 2.45) is 0 Å². The van der Waals surface area contributed by atoms with Gasteiger partial charge in [0, 0.05) is 22.5 Å². The van der Waals surface area contributed by atoms with Crippen LogP contribution in [0.25, 0.3) is 5.69 Å². The fourth-order valence-corrected chi connectivity index (χ4v) is 2.29. The number of benzene rings is 2. The van der Waals surface area contributed by atoms with Gasteiger partial charge in [0.2, 0.25) is 0 Å². The molecule has 0 saturated carbocycles. The van der Waals surface area contributed by atoms with Crippen LogP contribution in [0.3, 0.4) is 0 Å². The van der Waals surface area contributed by atoms with Gasteiger partial charge >= 0.3 is 0 Å². The zero-order valence-corrected chi connectivity index (χ0v) is 13.6. The van der Waals surface area contributed by atoms with Gasteiger partial charge in [-0.1, -0.05) is 11.6 Å². The molecule has 0 bridgehead atoms.